The van der Waals surface area contributed by atoms with Gasteiger partial charge in [0.2, 0.25) is 0 Å². The zero-order valence-electron chi connectivity index (χ0n) is 41.6. The van der Waals surface area contributed by atoms with Gasteiger partial charge >= 0.3 is 23.1 Å². The molecule has 0 bridgehead atoms. The van der Waals surface area contributed by atoms with Gasteiger partial charge in [0.25, 0.3) is 0 Å². The Balaban J connectivity index is -0.000000396. The number of carboxylic acids is 3. The van der Waals surface area contributed by atoms with Crippen LogP contribution in [0.1, 0.15) is 329 Å². The summed E-state index contributed by atoms with van der Waals surface area (Å²) < 4.78 is 0. The number of carbonyl (C=O) groups is 3. The Morgan fingerprint density at radius 1 is 0.213 bits per heavy atom. The van der Waals surface area contributed by atoms with Gasteiger partial charge in [0.1, 0.15) is 0 Å². The van der Waals surface area contributed by atoms with Crippen molar-refractivity contribution in [1.82, 2.24) is 0 Å². The molecule has 6 nitrogen and oxygen atoms in total. The van der Waals surface area contributed by atoms with Crippen LogP contribution in [0.2, 0.25) is 0 Å². The van der Waals surface area contributed by atoms with E-state index in [1.807, 2.05) is 0 Å². The maximum Gasteiger partial charge on any atom is 2.00 e. The molecule has 0 heterocycles. The Morgan fingerprint density at radius 2 is 0.311 bits per heavy atom. The largest absolute Gasteiger partial charge is 2.00 e. The smallest absolute Gasteiger partial charge is 0.550 e. The number of rotatable bonds is 48. The molecule has 61 heavy (non-hydrogen) atoms. The molecular weight excluding hydrogens is 769 g/mol. The summed E-state index contributed by atoms with van der Waals surface area (Å²) >= 11 is 0. The molecule has 0 aromatic carbocycles. The average Bonchev–Trinajstić information content (AvgIpc) is 3.22. The maximum absolute atomic E-state index is 10.2. The van der Waals surface area contributed by atoms with E-state index in [9.17, 15) is 29.7 Å². The molecule has 0 saturated carbocycles. The summed E-state index contributed by atoms with van der Waals surface area (Å²) in [6.07, 6.45) is 59.6. The molecule has 0 N–H and O–H groups in total. The van der Waals surface area contributed by atoms with Crippen molar-refractivity contribution in [1.29, 1.82) is 0 Å². The molecule has 0 atom stereocenters. The predicted molar refractivity (Wildman–Crippen MR) is 259 cm³/mol. The number of unbranched alkanes of at least 4 members (excludes halogenated alkanes) is 42. The molecule has 0 radical (unpaired) electrons. The Morgan fingerprint density at radius 3 is 0.410 bits per heavy atom. The monoisotopic (exact) mass is 874 g/mol. The van der Waals surface area contributed by atoms with Gasteiger partial charge < -0.3 is 29.7 Å². The summed E-state index contributed by atoms with van der Waals surface area (Å²) in [5.41, 5.74) is 0. The van der Waals surface area contributed by atoms with Crippen LogP contribution in [0.4, 0.5) is 0 Å². The third-order valence-corrected chi connectivity index (χ3v) is 12.0. The quantitative estimate of drug-likeness (QED) is 0.0443. The van der Waals surface area contributed by atoms with Gasteiger partial charge in [0, 0.05) is 17.9 Å². The second kappa shape index (κ2) is 63.5. The van der Waals surface area contributed by atoms with Crippen molar-refractivity contribution in [2.24, 2.45) is 0 Å². The molecule has 0 aliphatic rings. The molecule has 0 aliphatic heterocycles. The van der Waals surface area contributed by atoms with Crippen LogP contribution in [-0.2, 0) is 14.4 Å². The standard InChI is InChI=1S/3C18H36O2.Mg/c3*1-2-3-4-5-6-7-8-9-10-11-12-13-14-15-16-17-18(19)20;/h3*2-17H2,1H3,(H,19,20);/q;;;+2/p-3. The van der Waals surface area contributed by atoms with Crippen molar-refractivity contribution in [3.63, 3.8) is 0 Å². The van der Waals surface area contributed by atoms with Crippen LogP contribution in [0.25, 0.3) is 0 Å². The molecule has 360 valence electrons. The van der Waals surface area contributed by atoms with Crippen molar-refractivity contribution in [2.45, 2.75) is 329 Å². The summed E-state index contributed by atoms with van der Waals surface area (Å²) in [7, 11) is 0. The van der Waals surface area contributed by atoms with E-state index >= 15 is 0 Å². The predicted octanol–water partition coefficient (Wildman–Crippen LogP) is 14.6. The van der Waals surface area contributed by atoms with Gasteiger partial charge in [0.15, 0.2) is 0 Å². The Hall–Kier alpha value is -0.824. The Labute approximate surface area is 397 Å². The van der Waals surface area contributed by atoms with Crippen LogP contribution in [0.5, 0.6) is 0 Å². The minimum Gasteiger partial charge on any atom is -0.550 e. The van der Waals surface area contributed by atoms with Gasteiger partial charge in [-0.1, -0.05) is 290 Å². The van der Waals surface area contributed by atoms with E-state index in [1.54, 1.807) is 0 Å². The Kier molecular flexibility index (Phi) is 69.5. The van der Waals surface area contributed by atoms with Crippen molar-refractivity contribution < 1.29 is 29.7 Å². The second-order valence-corrected chi connectivity index (χ2v) is 18.2. The number of hydrogen-bond donors (Lipinski definition) is 0. The van der Waals surface area contributed by atoms with Crippen molar-refractivity contribution in [2.75, 3.05) is 0 Å². The number of carboxylic acid groups (broad SMARTS) is 3. The molecule has 0 aromatic heterocycles. The minimum absolute atomic E-state index is 0. The van der Waals surface area contributed by atoms with Crippen molar-refractivity contribution >= 4 is 41.0 Å². The van der Waals surface area contributed by atoms with E-state index in [0.29, 0.717) is 0 Å². The molecule has 0 amide bonds. The first-order valence-corrected chi connectivity index (χ1v) is 26.9. The van der Waals surface area contributed by atoms with Crippen LogP contribution in [0.3, 0.4) is 0 Å². The van der Waals surface area contributed by atoms with Gasteiger partial charge in [0.05, 0.1) is 0 Å². The summed E-state index contributed by atoms with van der Waals surface area (Å²) in [6.45, 7) is 6.80. The zero-order valence-corrected chi connectivity index (χ0v) is 43.0. The molecule has 0 spiro atoms. The van der Waals surface area contributed by atoms with Gasteiger partial charge in [-0.2, -0.15) is 0 Å². The second-order valence-electron chi connectivity index (χ2n) is 18.2. The van der Waals surface area contributed by atoms with E-state index in [4.69, 9.17) is 0 Å². The van der Waals surface area contributed by atoms with Crippen LogP contribution < -0.4 is 15.3 Å². The number of aliphatic carboxylic acids is 3. The molecule has 0 aliphatic carbocycles. The first-order valence-electron chi connectivity index (χ1n) is 26.9. The van der Waals surface area contributed by atoms with E-state index < -0.39 is 17.9 Å². The van der Waals surface area contributed by atoms with Crippen molar-refractivity contribution in [3.8, 4) is 0 Å². The zero-order chi connectivity index (χ0) is 44.7. The molecular formula is C54H105MgO6-. The van der Waals surface area contributed by atoms with Gasteiger partial charge in [-0.15, -0.1) is 0 Å². The summed E-state index contributed by atoms with van der Waals surface area (Å²) in [5.74, 6) is -2.71. The molecule has 0 rings (SSSR count). The molecule has 7 heteroatoms. The summed E-state index contributed by atoms with van der Waals surface area (Å²) in [4.78, 5) is 30.7. The molecule has 0 saturated heterocycles. The van der Waals surface area contributed by atoms with Crippen molar-refractivity contribution in [3.05, 3.63) is 0 Å². The fraction of sp³-hybridized carbons (Fsp3) is 0.944. The Bertz CT molecular complexity index is 717. The molecule has 0 fully saturated rings. The average molecular weight is 875 g/mol. The minimum atomic E-state index is -0.903. The molecule has 0 aromatic rings. The van der Waals surface area contributed by atoms with Crippen LogP contribution in [-0.4, -0.2) is 41.0 Å². The van der Waals surface area contributed by atoms with Gasteiger partial charge in [-0.3, -0.25) is 0 Å². The maximum atomic E-state index is 10.2. The first-order chi connectivity index (χ1) is 29.3. The van der Waals surface area contributed by atoms with Crippen LogP contribution in [0, 0.1) is 0 Å². The number of hydrogen-bond acceptors (Lipinski definition) is 6. The summed E-state index contributed by atoms with van der Waals surface area (Å²) in [5, 5.41) is 30.7. The van der Waals surface area contributed by atoms with Gasteiger partial charge in [-0.05, 0) is 38.5 Å². The van der Waals surface area contributed by atoms with Gasteiger partial charge in [-0.25, -0.2) is 0 Å². The van der Waals surface area contributed by atoms with E-state index in [1.165, 1.54) is 250 Å². The van der Waals surface area contributed by atoms with E-state index in [-0.39, 0.29) is 42.3 Å². The molecule has 0 unspecified atom stereocenters. The third-order valence-electron chi connectivity index (χ3n) is 12.0. The fourth-order valence-corrected chi connectivity index (χ4v) is 7.92. The van der Waals surface area contributed by atoms with Crippen LogP contribution >= 0.6 is 0 Å². The van der Waals surface area contributed by atoms with Crippen LogP contribution in [0.15, 0.2) is 0 Å². The topological polar surface area (TPSA) is 120 Å². The normalized spacial score (nSPS) is 10.7. The first kappa shape index (κ1) is 66.8. The fourth-order valence-electron chi connectivity index (χ4n) is 7.92. The summed E-state index contributed by atoms with van der Waals surface area (Å²) in [6, 6.07) is 0. The van der Waals surface area contributed by atoms with E-state index in [0.717, 1.165) is 38.5 Å². The third kappa shape index (κ3) is 76.8. The SMILES string of the molecule is CCCCCCCCCCCCCCCCCC(=O)[O-].CCCCCCCCCCCCCCCCCC(=O)[O-].CCCCCCCCCCCCCCCCCC(=O)[O-].[Mg+2]. The number of carbonyl (C=O) groups excluding carboxylic acids is 3. The van der Waals surface area contributed by atoms with E-state index in [2.05, 4.69) is 20.8 Å².